The van der Waals surface area contributed by atoms with Gasteiger partial charge in [0.1, 0.15) is 18.3 Å². The highest BCUT2D eigenvalue weighted by Crippen LogP contribution is 2.26. The molecule has 3 aromatic carbocycles. The standard InChI is InChI=1S/C28H32ClN3O5S/c1-5-26(28(34)30-3)31(18-21-7-6-8-24(17-21)37-4)27(33)19-32(23-13-11-22(29)12-14-23)38(35,36)25-15-9-20(2)10-16-25/h6-17,26H,5,18-19H2,1-4H3,(H,30,34)/t26-/m0/s1. The van der Waals surface area contributed by atoms with Crippen molar-refractivity contribution in [2.45, 2.75) is 37.8 Å². The summed E-state index contributed by atoms with van der Waals surface area (Å²) in [7, 11) is -1.09. The van der Waals surface area contributed by atoms with Crippen molar-refractivity contribution in [2.24, 2.45) is 0 Å². The highest BCUT2D eigenvalue weighted by molar-refractivity contribution is 7.92. The number of nitrogens with zero attached hydrogens (tertiary/aromatic N) is 2. The number of hydrogen-bond donors (Lipinski definition) is 1. The van der Waals surface area contributed by atoms with E-state index in [0.29, 0.717) is 17.2 Å². The second kappa shape index (κ2) is 12.8. The van der Waals surface area contributed by atoms with Gasteiger partial charge in [0, 0.05) is 18.6 Å². The first-order valence-corrected chi connectivity index (χ1v) is 13.9. The van der Waals surface area contributed by atoms with Gasteiger partial charge in [-0.1, -0.05) is 48.4 Å². The summed E-state index contributed by atoms with van der Waals surface area (Å²) in [6, 6.07) is 19.0. The fourth-order valence-corrected chi connectivity index (χ4v) is 5.57. The van der Waals surface area contributed by atoms with E-state index < -0.39 is 28.5 Å². The maximum Gasteiger partial charge on any atom is 0.264 e. The Hall–Kier alpha value is -3.56. The van der Waals surface area contributed by atoms with Gasteiger partial charge in [-0.2, -0.15) is 0 Å². The zero-order valence-corrected chi connectivity index (χ0v) is 23.4. The van der Waals surface area contributed by atoms with Crippen LogP contribution in [0.25, 0.3) is 0 Å². The van der Waals surface area contributed by atoms with Crippen LogP contribution in [0.15, 0.2) is 77.7 Å². The van der Waals surface area contributed by atoms with Crippen LogP contribution in [0.2, 0.25) is 5.02 Å². The number of ether oxygens (including phenoxy) is 1. The summed E-state index contributed by atoms with van der Waals surface area (Å²) in [5, 5.41) is 3.04. The van der Waals surface area contributed by atoms with Gasteiger partial charge >= 0.3 is 0 Å². The van der Waals surface area contributed by atoms with Gasteiger partial charge in [-0.15, -0.1) is 0 Å². The molecule has 0 aliphatic carbocycles. The van der Waals surface area contributed by atoms with Crippen LogP contribution in [-0.4, -0.2) is 51.9 Å². The van der Waals surface area contributed by atoms with Crippen LogP contribution in [0.3, 0.4) is 0 Å². The lowest BCUT2D eigenvalue weighted by Gasteiger charge is -2.33. The molecule has 0 saturated carbocycles. The average molecular weight is 558 g/mol. The summed E-state index contributed by atoms with van der Waals surface area (Å²) in [5.74, 6) is -0.273. The maximum atomic E-state index is 13.9. The first-order valence-electron chi connectivity index (χ1n) is 12.1. The molecule has 3 rings (SSSR count). The summed E-state index contributed by atoms with van der Waals surface area (Å²) < 4.78 is 33.9. The molecule has 202 valence electrons. The normalized spacial score (nSPS) is 11.9. The van der Waals surface area contributed by atoms with Crippen molar-refractivity contribution in [3.8, 4) is 5.75 Å². The Balaban J connectivity index is 2.05. The van der Waals surface area contributed by atoms with Crippen LogP contribution in [-0.2, 0) is 26.2 Å². The molecule has 2 amide bonds. The SMILES string of the molecule is CC[C@@H](C(=O)NC)N(Cc1cccc(OC)c1)C(=O)CN(c1ccc(Cl)cc1)S(=O)(=O)c1ccc(C)cc1. The lowest BCUT2D eigenvalue weighted by atomic mass is 10.1. The fraction of sp³-hybridized carbons (Fsp3) is 0.286. The zero-order chi connectivity index (χ0) is 27.9. The second-order valence-corrected chi connectivity index (χ2v) is 11.0. The number of methoxy groups -OCH3 is 1. The number of rotatable bonds is 11. The minimum absolute atomic E-state index is 0.0449. The highest BCUT2D eigenvalue weighted by Gasteiger charge is 2.33. The predicted molar refractivity (Wildman–Crippen MR) is 149 cm³/mol. The van der Waals surface area contributed by atoms with Crippen LogP contribution >= 0.6 is 11.6 Å². The molecule has 10 heteroatoms. The minimum atomic E-state index is -4.13. The van der Waals surface area contributed by atoms with Crippen LogP contribution in [0.1, 0.15) is 24.5 Å². The molecule has 0 spiro atoms. The third-order valence-corrected chi connectivity index (χ3v) is 8.16. The van der Waals surface area contributed by atoms with Crippen LogP contribution in [0, 0.1) is 6.92 Å². The van der Waals surface area contributed by atoms with Crippen molar-refractivity contribution < 1.29 is 22.7 Å². The van der Waals surface area contributed by atoms with Crippen molar-refractivity contribution >= 4 is 39.1 Å². The number of hydrogen-bond acceptors (Lipinski definition) is 5. The minimum Gasteiger partial charge on any atom is -0.497 e. The molecule has 0 aliphatic heterocycles. The van der Waals surface area contributed by atoms with E-state index in [1.807, 2.05) is 13.0 Å². The van der Waals surface area contributed by atoms with Crippen LogP contribution in [0.5, 0.6) is 5.75 Å². The smallest absolute Gasteiger partial charge is 0.264 e. The fourth-order valence-electron chi connectivity index (χ4n) is 4.03. The molecule has 0 aromatic heterocycles. The molecule has 0 heterocycles. The molecule has 1 atom stereocenters. The molecule has 1 N–H and O–H groups in total. The van der Waals surface area contributed by atoms with Crippen molar-refractivity contribution in [2.75, 3.05) is 25.0 Å². The second-order valence-electron chi connectivity index (χ2n) is 8.71. The number of nitrogens with one attached hydrogen (secondary N) is 1. The molecule has 0 fully saturated rings. The van der Waals surface area contributed by atoms with Gasteiger partial charge in [-0.05, 0) is 67.4 Å². The molecule has 3 aromatic rings. The molecule has 0 radical (unpaired) electrons. The van der Waals surface area contributed by atoms with Gasteiger partial charge in [0.25, 0.3) is 10.0 Å². The van der Waals surface area contributed by atoms with E-state index in [2.05, 4.69) is 5.32 Å². The topological polar surface area (TPSA) is 96.0 Å². The number of sulfonamides is 1. The summed E-state index contributed by atoms with van der Waals surface area (Å²) >= 11 is 6.05. The predicted octanol–water partition coefficient (Wildman–Crippen LogP) is 4.41. The first-order chi connectivity index (χ1) is 18.1. The van der Waals surface area contributed by atoms with Crippen LogP contribution in [0.4, 0.5) is 5.69 Å². The lowest BCUT2D eigenvalue weighted by Crippen LogP contribution is -2.51. The molecular weight excluding hydrogens is 526 g/mol. The van der Waals surface area contributed by atoms with E-state index in [9.17, 15) is 18.0 Å². The maximum absolute atomic E-state index is 13.9. The van der Waals surface area contributed by atoms with Gasteiger partial charge in [-0.25, -0.2) is 8.42 Å². The van der Waals surface area contributed by atoms with Crippen molar-refractivity contribution in [3.63, 3.8) is 0 Å². The average Bonchev–Trinajstić information content (AvgIpc) is 2.92. The number of amides is 2. The van der Waals surface area contributed by atoms with Crippen molar-refractivity contribution in [1.29, 1.82) is 0 Å². The monoisotopic (exact) mass is 557 g/mol. The Bertz CT molecular complexity index is 1360. The van der Waals surface area contributed by atoms with E-state index in [1.165, 1.54) is 24.1 Å². The van der Waals surface area contributed by atoms with Crippen LogP contribution < -0.4 is 14.4 Å². The van der Waals surface area contributed by atoms with E-state index in [1.54, 1.807) is 68.6 Å². The number of anilines is 1. The van der Waals surface area contributed by atoms with Crippen molar-refractivity contribution in [1.82, 2.24) is 10.2 Å². The zero-order valence-electron chi connectivity index (χ0n) is 21.8. The Morgan fingerprint density at radius 1 is 1.03 bits per heavy atom. The Labute approximate surface area is 229 Å². The Morgan fingerprint density at radius 3 is 2.26 bits per heavy atom. The quantitative estimate of drug-likeness (QED) is 0.377. The van der Waals surface area contributed by atoms with Gasteiger partial charge < -0.3 is 15.0 Å². The van der Waals surface area contributed by atoms with Gasteiger partial charge in [-0.3, -0.25) is 13.9 Å². The van der Waals surface area contributed by atoms with Crippen molar-refractivity contribution in [3.05, 3.63) is 88.9 Å². The number of aryl methyl sites for hydroxylation is 1. The van der Waals surface area contributed by atoms with E-state index >= 15 is 0 Å². The molecule has 0 saturated heterocycles. The highest BCUT2D eigenvalue weighted by atomic mass is 35.5. The molecule has 0 unspecified atom stereocenters. The Kier molecular flexibility index (Phi) is 9.77. The number of halogens is 1. The van der Waals surface area contributed by atoms with E-state index in [0.717, 1.165) is 15.4 Å². The van der Waals surface area contributed by atoms with E-state index in [-0.39, 0.29) is 23.0 Å². The molecule has 8 nitrogen and oxygen atoms in total. The molecule has 0 aliphatic rings. The largest absolute Gasteiger partial charge is 0.497 e. The summed E-state index contributed by atoms with van der Waals surface area (Å²) in [6.07, 6.45) is 0.334. The molecule has 0 bridgehead atoms. The lowest BCUT2D eigenvalue weighted by molar-refractivity contribution is -0.140. The molecular formula is C28H32ClN3O5S. The number of carbonyl (C=O) groups excluding carboxylic acids is 2. The van der Waals surface area contributed by atoms with E-state index in [4.69, 9.17) is 16.3 Å². The van der Waals surface area contributed by atoms with Gasteiger partial charge in [0.05, 0.1) is 17.7 Å². The first kappa shape index (κ1) is 29.0. The number of likely N-dealkylation sites (N-methyl/N-ethyl adjacent to an activating group) is 1. The van der Waals surface area contributed by atoms with Gasteiger partial charge in [0.2, 0.25) is 11.8 Å². The molecule has 38 heavy (non-hydrogen) atoms. The Morgan fingerprint density at radius 2 is 1.68 bits per heavy atom. The summed E-state index contributed by atoms with van der Waals surface area (Å²) in [5.41, 5.74) is 1.91. The third-order valence-electron chi connectivity index (χ3n) is 6.12. The summed E-state index contributed by atoms with van der Waals surface area (Å²) in [4.78, 5) is 28.1. The number of carbonyl (C=O) groups is 2. The third kappa shape index (κ3) is 6.85. The summed E-state index contributed by atoms with van der Waals surface area (Å²) in [6.45, 7) is 3.22. The number of benzene rings is 3. The van der Waals surface area contributed by atoms with Gasteiger partial charge in [0.15, 0.2) is 0 Å².